The molecule has 3 nitrogen and oxygen atoms in total. The van der Waals surface area contributed by atoms with Gasteiger partial charge in [0.25, 0.3) is 0 Å². The van der Waals surface area contributed by atoms with E-state index in [1.807, 2.05) is 0 Å². The van der Waals surface area contributed by atoms with E-state index in [0.717, 1.165) is 6.67 Å². The highest BCUT2D eigenvalue weighted by Crippen LogP contribution is 2.13. The van der Waals surface area contributed by atoms with Crippen molar-refractivity contribution in [1.29, 1.82) is 0 Å². The third-order valence-corrected chi connectivity index (χ3v) is 1.93. The predicted octanol–water partition coefficient (Wildman–Crippen LogP) is -0.0490. The third-order valence-electron chi connectivity index (χ3n) is 1.93. The van der Waals surface area contributed by atoms with Crippen LogP contribution < -0.4 is 0 Å². The van der Waals surface area contributed by atoms with Crippen molar-refractivity contribution in [1.82, 2.24) is 9.80 Å². The molecule has 0 saturated carbocycles. The molecular formula is C6H11N3. The highest BCUT2D eigenvalue weighted by molar-refractivity contribution is 5.83. The fourth-order valence-corrected chi connectivity index (χ4v) is 1.37. The number of nitrogens with zero attached hydrogens (tertiary/aromatic N) is 3. The molecule has 0 unspecified atom stereocenters. The van der Waals surface area contributed by atoms with E-state index in [4.69, 9.17) is 0 Å². The molecule has 0 atom stereocenters. The largest absolute Gasteiger partial charge is 0.346 e. The average Bonchev–Trinajstić information content (AvgIpc) is 1.74. The van der Waals surface area contributed by atoms with Gasteiger partial charge in [-0.05, 0) is 6.42 Å². The van der Waals surface area contributed by atoms with E-state index in [-0.39, 0.29) is 0 Å². The van der Waals surface area contributed by atoms with Gasteiger partial charge in [0.15, 0.2) is 5.96 Å². The van der Waals surface area contributed by atoms with E-state index < -0.39 is 0 Å². The molecule has 0 aromatic heterocycles. The molecular weight excluding hydrogens is 114 g/mol. The number of hydrogen-bond donors (Lipinski definition) is 0. The standard InChI is InChI=1S/C6H11N3/c1-8-3-2-4-9-5-7-6(8)9/h2-5H2,1H3. The maximum atomic E-state index is 4.24. The van der Waals surface area contributed by atoms with Crippen LogP contribution in [0.5, 0.6) is 0 Å². The summed E-state index contributed by atoms with van der Waals surface area (Å²) >= 11 is 0. The lowest BCUT2D eigenvalue weighted by Crippen LogP contribution is -2.54. The van der Waals surface area contributed by atoms with Crippen LogP contribution in [0.3, 0.4) is 0 Å². The molecule has 1 saturated heterocycles. The van der Waals surface area contributed by atoms with Gasteiger partial charge in [-0.3, -0.25) is 0 Å². The minimum atomic E-state index is 0.930. The zero-order valence-electron chi connectivity index (χ0n) is 5.67. The molecule has 1 fully saturated rings. The molecule has 50 valence electrons. The minimum Gasteiger partial charge on any atom is -0.346 e. The molecule has 0 radical (unpaired) electrons. The molecule has 2 aliphatic rings. The molecule has 0 aromatic carbocycles. The van der Waals surface area contributed by atoms with Gasteiger partial charge in [0.1, 0.15) is 6.67 Å². The maximum absolute atomic E-state index is 4.24. The van der Waals surface area contributed by atoms with Crippen LogP contribution in [0.2, 0.25) is 0 Å². The van der Waals surface area contributed by atoms with Gasteiger partial charge >= 0.3 is 0 Å². The van der Waals surface area contributed by atoms with Gasteiger partial charge in [0, 0.05) is 20.1 Å². The maximum Gasteiger partial charge on any atom is 0.199 e. The molecule has 0 spiro atoms. The third kappa shape index (κ3) is 0.605. The number of aliphatic imine (C=N–C) groups is 1. The molecule has 2 heterocycles. The van der Waals surface area contributed by atoms with Crippen LogP contribution in [0.15, 0.2) is 4.99 Å². The second kappa shape index (κ2) is 1.62. The smallest absolute Gasteiger partial charge is 0.199 e. The number of rotatable bonds is 0. The SMILES string of the molecule is CN1CCCN2CN=C12. The number of guanidine groups is 1. The molecule has 2 rings (SSSR count). The summed E-state index contributed by atoms with van der Waals surface area (Å²) in [5, 5.41) is 0. The Morgan fingerprint density at radius 2 is 2.33 bits per heavy atom. The van der Waals surface area contributed by atoms with Crippen molar-refractivity contribution in [2.45, 2.75) is 6.42 Å². The van der Waals surface area contributed by atoms with Gasteiger partial charge in [-0.2, -0.15) is 0 Å². The van der Waals surface area contributed by atoms with Gasteiger partial charge < -0.3 is 9.80 Å². The van der Waals surface area contributed by atoms with E-state index in [1.54, 1.807) is 0 Å². The lowest BCUT2D eigenvalue weighted by atomic mass is 10.3. The van der Waals surface area contributed by atoms with Gasteiger partial charge in [-0.15, -0.1) is 0 Å². The second-order valence-electron chi connectivity index (χ2n) is 2.64. The van der Waals surface area contributed by atoms with Gasteiger partial charge in [0.2, 0.25) is 0 Å². The van der Waals surface area contributed by atoms with Crippen LogP contribution in [-0.2, 0) is 0 Å². The van der Waals surface area contributed by atoms with Crippen molar-refractivity contribution in [2.75, 3.05) is 26.8 Å². The summed E-state index contributed by atoms with van der Waals surface area (Å²) in [6.07, 6.45) is 1.29. The minimum absolute atomic E-state index is 0.930. The normalized spacial score (nSPS) is 24.8. The molecule has 2 aliphatic heterocycles. The van der Waals surface area contributed by atoms with Crippen molar-refractivity contribution in [3.63, 3.8) is 0 Å². The van der Waals surface area contributed by atoms with Gasteiger partial charge in [-0.25, -0.2) is 4.99 Å². The quantitative estimate of drug-likeness (QED) is 0.452. The molecule has 0 N–H and O–H groups in total. The fraction of sp³-hybridized carbons (Fsp3) is 0.833. The van der Waals surface area contributed by atoms with E-state index in [1.165, 1.54) is 25.5 Å². The number of hydrogen-bond acceptors (Lipinski definition) is 3. The Hall–Kier alpha value is -0.730. The first kappa shape index (κ1) is 5.09. The Labute approximate surface area is 55.0 Å². The monoisotopic (exact) mass is 125 g/mol. The topological polar surface area (TPSA) is 18.8 Å². The van der Waals surface area contributed by atoms with Crippen molar-refractivity contribution in [2.24, 2.45) is 4.99 Å². The van der Waals surface area contributed by atoms with Crippen LogP contribution in [-0.4, -0.2) is 42.6 Å². The first-order chi connectivity index (χ1) is 4.38. The van der Waals surface area contributed by atoms with Gasteiger partial charge in [-0.1, -0.05) is 0 Å². The molecule has 0 aliphatic carbocycles. The molecule has 0 bridgehead atoms. The van der Waals surface area contributed by atoms with Crippen LogP contribution in [0.25, 0.3) is 0 Å². The number of fused-ring (bicyclic) bond motifs is 1. The Morgan fingerprint density at radius 1 is 1.44 bits per heavy atom. The predicted molar refractivity (Wildman–Crippen MR) is 36.3 cm³/mol. The second-order valence-corrected chi connectivity index (χ2v) is 2.64. The Balaban J connectivity index is 2.12. The van der Waals surface area contributed by atoms with E-state index in [0.29, 0.717) is 0 Å². The van der Waals surface area contributed by atoms with E-state index >= 15 is 0 Å². The Bertz CT molecular complexity index is 152. The first-order valence-electron chi connectivity index (χ1n) is 3.38. The van der Waals surface area contributed by atoms with E-state index in [9.17, 15) is 0 Å². The summed E-state index contributed by atoms with van der Waals surface area (Å²) in [7, 11) is 2.10. The average molecular weight is 125 g/mol. The van der Waals surface area contributed by atoms with E-state index in [2.05, 4.69) is 21.8 Å². The summed E-state index contributed by atoms with van der Waals surface area (Å²) in [5.41, 5.74) is 0. The lowest BCUT2D eigenvalue weighted by molar-refractivity contribution is 0.249. The molecule has 0 aromatic rings. The molecule has 3 heteroatoms. The fourth-order valence-electron chi connectivity index (χ4n) is 1.37. The summed E-state index contributed by atoms with van der Waals surface area (Å²) in [6, 6.07) is 0. The van der Waals surface area contributed by atoms with Crippen molar-refractivity contribution >= 4 is 5.96 Å². The Kier molecular flexibility index (Phi) is 0.917. The first-order valence-corrected chi connectivity index (χ1v) is 3.38. The lowest BCUT2D eigenvalue weighted by Gasteiger charge is -2.41. The van der Waals surface area contributed by atoms with Crippen molar-refractivity contribution in [3.05, 3.63) is 0 Å². The highest BCUT2D eigenvalue weighted by Gasteiger charge is 2.25. The summed E-state index contributed by atoms with van der Waals surface area (Å²) in [6.45, 7) is 3.32. The summed E-state index contributed by atoms with van der Waals surface area (Å²) in [5.74, 6) is 1.20. The van der Waals surface area contributed by atoms with Crippen molar-refractivity contribution in [3.8, 4) is 0 Å². The van der Waals surface area contributed by atoms with Crippen LogP contribution in [0.1, 0.15) is 6.42 Å². The summed E-state index contributed by atoms with van der Waals surface area (Å²) in [4.78, 5) is 8.76. The molecule has 0 amide bonds. The van der Waals surface area contributed by atoms with Gasteiger partial charge in [0.05, 0.1) is 0 Å². The van der Waals surface area contributed by atoms with Crippen LogP contribution >= 0.6 is 0 Å². The van der Waals surface area contributed by atoms with Crippen molar-refractivity contribution < 1.29 is 0 Å². The summed E-state index contributed by atoms with van der Waals surface area (Å²) < 4.78 is 0. The zero-order chi connectivity index (χ0) is 6.27. The molecule has 9 heavy (non-hydrogen) atoms. The van der Waals surface area contributed by atoms with Crippen LogP contribution in [0.4, 0.5) is 0 Å². The Morgan fingerprint density at radius 3 is 2.78 bits per heavy atom. The van der Waals surface area contributed by atoms with Crippen LogP contribution in [0, 0.1) is 0 Å². The zero-order valence-corrected chi connectivity index (χ0v) is 5.67. The highest BCUT2D eigenvalue weighted by atomic mass is 15.5.